The van der Waals surface area contributed by atoms with Crippen LogP contribution < -0.4 is 15.6 Å². The van der Waals surface area contributed by atoms with Crippen LogP contribution in [0.5, 0.6) is 5.75 Å². The van der Waals surface area contributed by atoms with Crippen LogP contribution in [0.25, 0.3) is 10.2 Å². The summed E-state index contributed by atoms with van der Waals surface area (Å²) in [6, 6.07) is 5.95. The molecule has 0 spiro atoms. The van der Waals surface area contributed by atoms with E-state index >= 15 is 0 Å². The van der Waals surface area contributed by atoms with Gasteiger partial charge in [0.2, 0.25) is 5.91 Å². The number of para-hydroxylation sites is 2. The predicted molar refractivity (Wildman–Crippen MR) is 113 cm³/mol. The third-order valence-electron chi connectivity index (χ3n) is 4.60. The second kappa shape index (κ2) is 9.06. The summed E-state index contributed by atoms with van der Waals surface area (Å²) in [5.41, 5.74) is -0.247. The lowest BCUT2D eigenvalue weighted by atomic mass is 10.2. The molecule has 0 fully saturated rings. The maximum atomic E-state index is 13.2. The van der Waals surface area contributed by atoms with Crippen LogP contribution in [0, 0.1) is 0 Å². The van der Waals surface area contributed by atoms with Gasteiger partial charge in [0, 0.05) is 18.9 Å². The van der Waals surface area contributed by atoms with E-state index < -0.39 is 23.5 Å². The number of carboxylic acid groups (broad SMARTS) is 1. The highest BCUT2D eigenvalue weighted by Gasteiger charge is 2.25. The van der Waals surface area contributed by atoms with Crippen molar-refractivity contribution >= 4 is 39.1 Å². The Labute approximate surface area is 175 Å². The summed E-state index contributed by atoms with van der Waals surface area (Å²) in [5, 5.41) is 13.5. The molecule has 2 heterocycles. The quantitative estimate of drug-likeness (QED) is 0.562. The van der Waals surface area contributed by atoms with Crippen LogP contribution in [-0.2, 0) is 16.0 Å². The van der Waals surface area contributed by atoms with E-state index in [1.807, 2.05) is 0 Å². The fraction of sp³-hybridized carbons (Fsp3) is 0.300. The summed E-state index contributed by atoms with van der Waals surface area (Å²) in [6.07, 6.45) is 0.286. The molecule has 30 heavy (non-hydrogen) atoms. The topological polar surface area (TPSA) is 120 Å². The van der Waals surface area contributed by atoms with Crippen molar-refractivity contribution in [3.63, 3.8) is 0 Å². The summed E-state index contributed by atoms with van der Waals surface area (Å²) in [6.45, 7) is 1.85. The summed E-state index contributed by atoms with van der Waals surface area (Å²) in [4.78, 5) is 42.5. The lowest BCUT2D eigenvalue weighted by Gasteiger charge is -2.19. The number of thiophene rings is 1. The van der Waals surface area contributed by atoms with Gasteiger partial charge in [0.25, 0.3) is 5.56 Å². The number of aromatic carboxylic acids is 1. The van der Waals surface area contributed by atoms with E-state index in [4.69, 9.17) is 9.47 Å². The van der Waals surface area contributed by atoms with Crippen LogP contribution in [0.2, 0.25) is 0 Å². The first-order valence-corrected chi connectivity index (χ1v) is 9.95. The number of fused-ring (bicyclic) bond motifs is 1. The van der Waals surface area contributed by atoms with Gasteiger partial charge in [0.05, 0.1) is 30.4 Å². The van der Waals surface area contributed by atoms with Crippen LogP contribution in [0.1, 0.15) is 29.1 Å². The molecule has 2 N–H and O–H groups in total. The summed E-state index contributed by atoms with van der Waals surface area (Å²) in [7, 11) is 3.01. The van der Waals surface area contributed by atoms with Crippen LogP contribution in [0.4, 0.5) is 5.69 Å². The average molecular weight is 431 g/mol. The Morgan fingerprint density at radius 2 is 2.03 bits per heavy atom. The largest absolute Gasteiger partial charge is 0.495 e. The summed E-state index contributed by atoms with van der Waals surface area (Å²) in [5.74, 6) is -0.864. The highest BCUT2D eigenvalue weighted by atomic mass is 32.1. The highest BCUT2D eigenvalue weighted by molar-refractivity contribution is 7.17. The summed E-state index contributed by atoms with van der Waals surface area (Å²) < 4.78 is 11.6. The van der Waals surface area contributed by atoms with E-state index in [2.05, 4.69) is 10.3 Å². The van der Waals surface area contributed by atoms with Crippen molar-refractivity contribution in [2.75, 3.05) is 26.1 Å². The lowest BCUT2D eigenvalue weighted by Crippen LogP contribution is -2.35. The van der Waals surface area contributed by atoms with Crippen molar-refractivity contribution in [2.45, 2.75) is 19.4 Å². The second-order valence-corrected chi connectivity index (χ2v) is 7.30. The summed E-state index contributed by atoms with van der Waals surface area (Å²) >= 11 is 1.08. The Morgan fingerprint density at radius 3 is 2.70 bits per heavy atom. The van der Waals surface area contributed by atoms with Gasteiger partial charge in [0.1, 0.15) is 22.4 Å². The number of nitrogens with zero attached hydrogens (tertiary/aromatic N) is 2. The van der Waals surface area contributed by atoms with Crippen molar-refractivity contribution in [2.24, 2.45) is 0 Å². The smallest absolute Gasteiger partial charge is 0.337 e. The van der Waals surface area contributed by atoms with Crippen LogP contribution in [0.15, 0.2) is 34.4 Å². The molecule has 3 aromatic rings. The number of hydrogen-bond acceptors (Lipinski definition) is 7. The minimum Gasteiger partial charge on any atom is -0.495 e. The van der Waals surface area contributed by atoms with Gasteiger partial charge >= 0.3 is 5.97 Å². The predicted octanol–water partition coefficient (Wildman–Crippen LogP) is 2.55. The molecule has 9 nitrogen and oxygen atoms in total. The van der Waals surface area contributed by atoms with Crippen molar-refractivity contribution in [3.8, 4) is 5.75 Å². The molecule has 0 saturated heterocycles. The third-order valence-corrected chi connectivity index (χ3v) is 5.48. The first kappa shape index (κ1) is 21.5. The molecule has 0 bridgehead atoms. The van der Waals surface area contributed by atoms with Crippen molar-refractivity contribution < 1.29 is 24.2 Å². The average Bonchev–Trinajstić information content (AvgIpc) is 3.17. The monoisotopic (exact) mass is 431 g/mol. The number of nitrogens with one attached hydrogen (secondary N) is 1. The van der Waals surface area contributed by atoms with E-state index in [1.54, 1.807) is 31.2 Å². The number of carboxylic acids is 1. The SMILES string of the molecule is COCCc1nc2scc(C(=O)O)c2c(=O)n1C(C)C(=O)Nc1ccccc1OC. The number of benzene rings is 1. The zero-order chi connectivity index (χ0) is 21.8. The van der Waals surface area contributed by atoms with E-state index in [0.29, 0.717) is 22.1 Å². The van der Waals surface area contributed by atoms with Gasteiger partial charge in [0.15, 0.2) is 0 Å². The Morgan fingerprint density at radius 1 is 1.30 bits per heavy atom. The molecule has 0 aliphatic rings. The minimum absolute atomic E-state index is 0.00870. The maximum absolute atomic E-state index is 13.2. The van der Waals surface area contributed by atoms with Crippen LogP contribution in [0.3, 0.4) is 0 Å². The van der Waals surface area contributed by atoms with Crippen molar-refractivity contribution in [1.29, 1.82) is 0 Å². The molecule has 0 aliphatic heterocycles. The normalized spacial score (nSPS) is 12.0. The molecule has 3 rings (SSSR count). The minimum atomic E-state index is -1.22. The number of aromatic nitrogens is 2. The zero-order valence-electron chi connectivity index (χ0n) is 16.7. The second-order valence-electron chi connectivity index (χ2n) is 6.45. The third kappa shape index (κ3) is 4.05. The molecule has 1 unspecified atom stereocenters. The molecule has 1 atom stereocenters. The van der Waals surface area contributed by atoms with Crippen molar-refractivity contribution in [3.05, 3.63) is 51.4 Å². The molecular formula is C20H21N3O6S. The molecular weight excluding hydrogens is 410 g/mol. The Bertz CT molecular complexity index is 1150. The zero-order valence-corrected chi connectivity index (χ0v) is 17.5. The number of carbonyl (C=O) groups excluding carboxylic acids is 1. The number of rotatable bonds is 8. The maximum Gasteiger partial charge on any atom is 0.337 e. The number of carbonyl (C=O) groups is 2. The fourth-order valence-electron chi connectivity index (χ4n) is 3.07. The number of amides is 1. The number of anilines is 1. The van der Waals surface area contributed by atoms with E-state index in [1.165, 1.54) is 24.2 Å². The van der Waals surface area contributed by atoms with E-state index in [9.17, 15) is 19.5 Å². The van der Waals surface area contributed by atoms with Gasteiger partial charge < -0.3 is 19.9 Å². The number of methoxy groups -OCH3 is 2. The van der Waals surface area contributed by atoms with Crippen molar-refractivity contribution in [1.82, 2.24) is 9.55 Å². The molecule has 1 amide bonds. The molecule has 1 aromatic carbocycles. The van der Waals surface area contributed by atoms with E-state index in [-0.39, 0.29) is 24.0 Å². The highest BCUT2D eigenvalue weighted by Crippen LogP contribution is 2.26. The van der Waals surface area contributed by atoms with Gasteiger partial charge in [-0.2, -0.15) is 0 Å². The molecule has 0 saturated carbocycles. The van der Waals surface area contributed by atoms with Gasteiger partial charge in [-0.25, -0.2) is 9.78 Å². The molecule has 10 heteroatoms. The van der Waals surface area contributed by atoms with Crippen LogP contribution >= 0.6 is 11.3 Å². The Hall–Kier alpha value is -3.24. The first-order chi connectivity index (χ1) is 14.4. The van der Waals surface area contributed by atoms with Gasteiger partial charge in [-0.15, -0.1) is 11.3 Å². The number of hydrogen-bond donors (Lipinski definition) is 2. The molecule has 158 valence electrons. The lowest BCUT2D eigenvalue weighted by molar-refractivity contribution is -0.119. The first-order valence-electron chi connectivity index (χ1n) is 9.07. The molecule has 0 radical (unpaired) electrons. The standard InChI is InChI=1S/C20H21N3O6S/c1-11(17(24)21-13-6-4-5-7-14(13)29-3)23-15(8-9-28-2)22-18-16(19(23)25)12(10-30-18)20(26)27/h4-7,10-11H,8-9H2,1-3H3,(H,21,24)(H,26,27). The Kier molecular flexibility index (Phi) is 6.48. The number of ether oxygens (including phenoxy) is 2. The Balaban J connectivity index is 2.08. The van der Waals surface area contributed by atoms with E-state index in [0.717, 1.165) is 11.3 Å². The van der Waals surface area contributed by atoms with Gasteiger partial charge in [-0.1, -0.05) is 12.1 Å². The molecule has 2 aromatic heterocycles. The van der Waals surface area contributed by atoms with Crippen LogP contribution in [-0.4, -0.2) is 47.4 Å². The fourth-order valence-corrected chi connectivity index (χ4v) is 4.00. The van der Waals surface area contributed by atoms with Gasteiger partial charge in [-0.05, 0) is 19.1 Å². The molecule has 0 aliphatic carbocycles. The van der Waals surface area contributed by atoms with Gasteiger partial charge in [-0.3, -0.25) is 14.2 Å².